The minimum atomic E-state index is -3.58. The van der Waals surface area contributed by atoms with Gasteiger partial charge in [-0.15, -0.1) is 0 Å². The fourth-order valence-electron chi connectivity index (χ4n) is 0.878. The predicted octanol–water partition coefficient (Wildman–Crippen LogP) is -0.0547. The molecule has 5 nitrogen and oxygen atoms in total. The Balaban J connectivity index is 4.76. The molecule has 0 aliphatic heterocycles. The van der Waals surface area contributed by atoms with Gasteiger partial charge in [-0.2, -0.15) is 5.26 Å². The molecule has 0 aromatic heterocycles. The first kappa shape index (κ1) is 13.4. The van der Waals surface area contributed by atoms with Gasteiger partial charge in [-0.05, 0) is 20.3 Å². The van der Waals surface area contributed by atoms with Crippen LogP contribution in [0.2, 0.25) is 0 Å². The zero-order chi connectivity index (χ0) is 11.4. The maximum Gasteiger partial charge on any atom is 0.228 e. The Bertz CT molecular complexity index is 316. The van der Waals surface area contributed by atoms with E-state index in [2.05, 4.69) is 4.72 Å². The lowest BCUT2D eigenvalue weighted by Gasteiger charge is -2.25. The van der Waals surface area contributed by atoms with Gasteiger partial charge in [0.15, 0.2) is 5.25 Å². The Kier molecular flexibility index (Phi) is 4.52. The van der Waals surface area contributed by atoms with Crippen molar-refractivity contribution in [2.24, 2.45) is 5.73 Å². The molecule has 0 aliphatic rings. The molecule has 0 heterocycles. The van der Waals surface area contributed by atoms with Gasteiger partial charge < -0.3 is 5.73 Å². The average Bonchev–Trinajstić information content (AvgIpc) is 2.04. The van der Waals surface area contributed by atoms with Crippen molar-refractivity contribution >= 4 is 10.0 Å². The molecule has 0 aromatic carbocycles. The Morgan fingerprint density at radius 2 is 2.07 bits per heavy atom. The molecule has 3 N–H and O–H groups in total. The number of hydrogen-bond donors (Lipinski definition) is 2. The van der Waals surface area contributed by atoms with Gasteiger partial charge in [-0.3, -0.25) is 0 Å². The second kappa shape index (κ2) is 4.73. The molecule has 1 unspecified atom stereocenters. The SMILES string of the molecule is CCC(C#N)S(=O)(=O)NC(C)(C)CN. The number of rotatable bonds is 5. The van der Waals surface area contributed by atoms with Crippen LogP contribution in [0.1, 0.15) is 27.2 Å². The van der Waals surface area contributed by atoms with Crippen molar-refractivity contribution in [1.82, 2.24) is 4.72 Å². The van der Waals surface area contributed by atoms with E-state index in [1.807, 2.05) is 0 Å². The van der Waals surface area contributed by atoms with E-state index in [1.54, 1.807) is 26.8 Å². The topological polar surface area (TPSA) is 96.0 Å². The number of nitrogens with zero attached hydrogens (tertiary/aromatic N) is 1. The van der Waals surface area contributed by atoms with Crippen molar-refractivity contribution in [3.63, 3.8) is 0 Å². The van der Waals surface area contributed by atoms with Gasteiger partial charge in [-0.25, -0.2) is 13.1 Å². The highest BCUT2D eigenvalue weighted by molar-refractivity contribution is 7.90. The van der Waals surface area contributed by atoms with Crippen LogP contribution in [0.4, 0.5) is 0 Å². The Morgan fingerprint density at radius 3 is 2.36 bits per heavy atom. The second-order valence-corrected chi connectivity index (χ2v) is 5.62. The molecule has 0 saturated carbocycles. The van der Waals surface area contributed by atoms with Crippen molar-refractivity contribution < 1.29 is 8.42 Å². The molecule has 0 amide bonds. The molecule has 0 aromatic rings. The highest BCUT2D eigenvalue weighted by Gasteiger charge is 2.29. The van der Waals surface area contributed by atoms with E-state index in [0.717, 1.165) is 0 Å². The minimum Gasteiger partial charge on any atom is -0.329 e. The summed E-state index contributed by atoms with van der Waals surface area (Å²) in [6.45, 7) is 5.19. The molecule has 0 saturated heterocycles. The van der Waals surface area contributed by atoms with E-state index >= 15 is 0 Å². The lowest BCUT2D eigenvalue weighted by Crippen LogP contribution is -2.51. The maximum absolute atomic E-state index is 11.6. The van der Waals surface area contributed by atoms with Gasteiger partial charge in [0, 0.05) is 12.1 Å². The molecule has 0 radical (unpaired) electrons. The molecule has 1 atom stereocenters. The van der Waals surface area contributed by atoms with Gasteiger partial charge in [-0.1, -0.05) is 6.92 Å². The highest BCUT2D eigenvalue weighted by Crippen LogP contribution is 2.08. The molecule has 14 heavy (non-hydrogen) atoms. The summed E-state index contributed by atoms with van der Waals surface area (Å²) >= 11 is 0. The van der Waals surface area contributed by atoms with Gasteiger partial charge in [0.1, 0.15) is 0 Å². The summed E-state index contributed by atoms with van der Waals surface area (Å²) in [5.41, 5.74) is 4.68. The first-order chi connectivity index (χ1) is 6.29. The summed E-state index contributed by atoms with van der Waals surface area (Å²) in [4.78, 5) is 0. The largest absolute Gasteiger partial charge is 0.329 e. The van der Waals surface area contributed by atoms with E-state index < -0.39 is 20.8 Å². The van der Waals surface area contributed by atoms with Crippen molar-refractivity contribution in [3.05, 3.63) is 0 Å². The summed E-state index contributed by atoms with van der Waals surface area (Å²) in [5, 5.41) is 7.62. The summed E-state index contributed by atoms with van der Waals surface area (Å²) < 4.78 is 25.6. The van der Waals surface area contributed by atoms with Gasteiger partial charge >= 0.3 is 0 Å². The van der Waals surface area contributed by atoms with Crippen LogP contribution in [0.25, 0.3) is 0 Å². The Labute approximate surface area is 85.3 Å². The quantitative estimate of drug-likeness (QED) is 0.677. The third-order valence-electron chi connectivity index (χ3n) is 1.82. The molecule has 82 valence electrons. The van der Waals surface area contributed by atoms with Gasteiger partial charge in [0.05, 0.1) is 6.07 Å². The van der Waals surface area contributed by atoms with Crippen molar-refractivity contribution in [2.75, 3.05) is 6.54 Å². The van der Waals surface area contributed by atoms with Crippen LogP contribution in [0.15, 0.2) is 0 Å². The van der Waals surface area contributed by atoms with E-state index in [9.17, 15) is 8.42 Å². The fourth-order valence-corrected chi connectivity index (χ4v) is 2.45. The van der Waals surface area contributed by atoms with Crippen molar-refractivity contribution in [3.8, 4) is 6.07 Å². The second-order valence-electron chi connectivity index (χ2n) is 3.76. The molecular formula is C8H17N3O2S. The highest BCUT2D eigenvalue weighted by atomic mass is 32.2. The van der Waals surface area contributed by atoms with Crippen molar-refractivity contribution in [2.45, 2.75) is 38.0 Å². The number of nitriles is 1. The first-order valence-electron chi connectivity index (χ1n) is 4.41. The van der Waals surface area contributed by atoms with Gasteiger partial charge in [0.2, 0.25) is 10.0 Å². The third kappa shape index (κ3) is 3.62. The molecule has 0 bridgehead atoms. The fraction of sp³-hybridized carbons (Fsp3) is 0.875. The monoisotopic (exact) mass is 219 g/mol. The van der Waals surface area contributed by atoms with Crippen LogP contribution in [-0.4, -0.2) is 25.8 Å². The Morgan fingerprint density at radius 1 is 1.57 bits per heavy atom. The lowest BCUT2D eigenvalue weighted by molar-refractivity contribution is 0.459. The van der Waals surface area contributed by atoms with Gasteiger partial charge in [0.25, 0.3) is 0 Å². The van der Waals surface area contributed by atoms with Crippen LogP contribution in [0, 0.1) is 11.3 Å². The number of nitrogens with two attached hydrogens (primary N) is 1. The van der Waals surface area contributed by atoms with Crippen LogP contribution < -0.4 is 10.5 Å². The summed E-state index contributed by atoms with van der Waals surface area (Å²) in [5.74, 6) is 0. The van der Waals surface area contributed by atoms with E-state index in [1.165, 1.54) is 0 Å². The number of hydrogen-bond acceptors (Lipinski definition) is 4. The van der Waals surface area contributed by atoms with Crippen LogP contribution in [-0.2, 0) is 10.0 Å². The maximum atomic E-state index is 11.6. The number of sulfonamides is 1. The zero-order valence-electron chi connectivity index (χ0n) is 8.74. The van der Waals surface area contributed by atoms with Crippen LogP contribution >= 0.6 is 0 Å². The predicted molar refractivity (Wildman–Crippen MR) is 54.9 cm³/mol. The zero-order valence-corrected chi connectivity index (χ0v) is 9.56. The summed E-state index contributed by atoms with van der Waals surface area (Å²) in [7, 11) is -3.58. The minimum absolute atomic E-state index is 0.189. The Hall–Kier alpha value is -0.640. The summed E-state index contributed by atoms with van der Waals surface area (Å²) in [6, 6.07) is 1.75. The molecular weight excluding hydrogens is 202 g/mol. The normalized spacial score (nSPS) is 14.8. The molecule has 0 rings (SSSR count). The standard InChI is InChI=1S/C8H17N3O2S/c1-4-7(5-9)14(12,13)11-8(2,3)6-10/h7,11H,4,6,10H2,1-3H3. The molecule has 6 heteroatoms. The van der Waals surface area contributed by atoms with E-state index in [-0.39, 0.29) is 13.0 Å². The van der Waals surface area contributed by atoms with Crippen LogP contribution in [0.5, 0.6) is 0 Å². The smallest absolute Gasteiger partial charge is 0.228 e. The molecule has 0 fully saturated rings. The summed E-state index contributed by atoms with van der Waals surface area (Å²) in [6.07, 6.45) is 0.270. The molecule has 0 spiro atoms. The first-order valence-corrected chi connectivity index (χ1v) is 5.96. The third-order valence-corrected chi connectivity index (χ3v) is 3.84. The van der Waals surface area contributed by atoms with E-state index in [4.69, 9.17) is 11.0 Å². The lowest BCUT2D eigenvalue weighted by atomic mass is 10.1. The van der Waals surface area contributed by atoms with Crippen molar-refractivity contribution in [1.29, 1.82) is 5.26 Å². The average molecular weight is 219 g/mol. The molecule has 0 aliphatic carbocycles. The number of nitrogens with one attached hydrogen (secondary N) is 1. The van der Waals surface area contributed by atoms with E-state index in [0.29, 0.717) is 0 Å². The van der Waals surface area contributed by atoms with Crippen LogP contribution in [0.3, 0.4) is 0 Å².